The summed E-state index contributed by atoms with van der Waals surface area (Å²) in [6, 6.07) is 0. The van der Waals surface area contributed by atoms with E-state index in [1.807, 2.05) is 37.9 Å². The van der Waals surface area contributed by atoms with Gasteiger partial charge >= 0.3 is 17.1 Å². The van der Waals surface area contributed by atoms with Gasteiger partial charge in [-0.2, -0.15) is 12.2 Å². The molecule has 0 heterocycles. The third-order valence-corrected chi connectivity index (χ3v) is 1.17. The second kappa shape index (κ2) is 23.0. The number of carbonyl (C=O) groups is 2. The van der Waals surface area contributed by atoms with Crippen molar-refractivity contribution in [3.8, 4) is 0 Å². The van der Waals surface area contributed by atoms with Gasteiger partial charge in [-0.15, -0.1) is 12.8 Å². The Morgan fingerprint density at radius 1 is 0.800 bits per heavy atom. The van der Waals surface area contributed by atoms with E-state index in [1.165, 1.54) is 0 Å². The van der Waals surface area contributed by atoms with Crippen molar-refractivity contribution in [3.05, 3.63) is 48.6 Å². The van der Waals surface area contributed by atoms with Crippen molar-refractivity contribution in [2.45, 2.75) is 12.8 Å². The normalized spacial score (nSPS) is 12.3. The third kappa shape index (κ3) is 19.3. The van der Waals surface area contributed by atoms with Crippen LogP contribution < -0.4 is 0 Å². The number of carbonyl (C=O) groups excluding carboxylic acids is 2. The predicted molar refractivity (Wildman–Crippen MR) is 57.4 cm³/mol. The minimum absolute atomic E-state index is 0. The Morgan fingerprint density at radius 2 is 1.13 bits per heavy atom. The first kappa shape index (κ1) is 19.4. The van der Waals surface area contributed by atoms with Gasteiger partial charge in [0.1, 0.15) is 13.6 Å². The van der Waals surface area contributed by atoms with E-state index in [2.05, 4.69) is 24.3 Å². The van der Waals surface area contributed by atoms with Crippen LogP contribution in [0.5, 0.6) is 0 Å². The second-order valence-electron chi connectivity index (χ2n) is 2.01. The van der Waals surface area contributed by atoms with Crippen LogP contribution in [0.2, 0.25) is 0 Å². The van der Waals surface area contributed by atoms with Crippen LogP contribution in [0.3, 0.4) is 0 Å². The summed E-state index contributed by atoms with van der Waals surface area (Å²) >= 11 is 0. The molecule has 0 saturated heterocycles. The van der Waals surface area contributed by atoms with Gasteiger partial charge in [-0.3, -0.25) is 12.2 Å². The van der Waals surface area contributed by atoms with Crippen LogP contribution in [0.1, 0.15) is 12.8 Å². The van der Waals surface area contributed by atoms with Crippen LogP contribution in [0.15, 0.2) is 36.5 Å². The van der Waals surface area contributed by atoms with Crippen LogP contribution in [-0.2, 0) is 26.7 Å². The van der Waals surface area contributed by atoms with Gasteiger partial charge < -0.3 is 9.59 Å². The quantitative estimate of drug-likeness (QED) is 0.485. The smallest absolute Gasteiger partial charge is 0.307 e. The predicted octanol–water partition coefficient (Wildman–Crippen LogP) is 2.24. The minimum Gasteiger partial charge on any atom is -0.307 e. The third-order valence-electron chi connectivity index (χ3n) is 1.17. The van der Waals surface area contributed by atoms with Crippen LogP contribution in [0, 0.1) is 12.2 Å². The van der Waals surface area contributed by atoms with Gasteiger partial charge in [-0.05, 0) is 0 Å². The molecule has 0 amide bonds. The molecule has 0 aromatic carbocycles. The molecule has 0 atom stereocenters. The fourth-order valence-electron chi connectivity index (χ4n) is 0.680. The molecule has 2 rings (SSSR count). The van der Waals surface area contributed by atoms with Crippen LogP contribution in [0.25, 0.3) is 0 Å². The molecule has 2 aliphatic rings. The summed E-state index contributed by atoms with van der Waals surface area (Å²) in [5.41, 5.74) is 0. The summed E-state index contributed by atoms with van der Waals surface area (Å²) in [7, 11) is 0. The number of hydrogen-bond donors (Lipinski definition) is 0. The van der Waals surface area contributed by atoms with E-state index in [0.29, 0.717) is 0 Å². The monoisotopic (exact) mass is 246 g/mol. The number of rotatable bonds is 0. The Hall–Kier alpha value is -1.18. The summed E-state index contributed by atoms with van der Waals surface area (Å²) in [5.74, 6) is 0. The zero-order chi connectivity index (χ0) is 11.1. The van der Waals surface area contributed by atoms with Crippen molar-refractivity contribution >= 4 is 13.6 Å². The van der Waals surface area contributed by atoms with Crippen molar-refractivity contribution in [3.63, 3.8) is 0 Å². The first-order valence-electron chi connectivity index (χ1n) is 4.01. The van der Waals surface area contributed by atoms with Gasteiger partial charge in [0.2, 0.25) is 0 Å². The molecule has 0 aromatic heterocycles. The van der Waals surface area contributed by atoms with E-state index in [4.69, 9.17) is 9.59 Å². The zero-order valence-corrected chi connectivity index (χ0v) is 9.57. The van der Waals surface area contributed by atoms with E-state index in [0.717, 1.165) is 12.8 Å². The zero-order valence-electron chi connectivity index (χ0n) is 8.46. The van der Waals surface area contributed by atoms with Crippen LogP contribution in [0.4, 0.5) is 0 Å². The maximum absolute atomic E-state index is 8.00. The molecule has 2 aliphatic carbocycles. The van der Waals surface area contributed by atoms with Gasteiger partial charge in [0, 0.05) is 0 Å². The van der Waals surface area contributed by atoms with Crippen LogP contribution >= 0.6 is 0 Å². The SMILES string of the molecule is C=O.C=O.[C-]1=CC=CC1.[C-]1=CC=CC1.[Fe+2]. The minimum atomic E-state index is 0. The van der Waals surface area contributed by atoms with Gasteiger partial charge in [0.25, 0.3) is 0 Å². The molecule has 0 saturated carbocycles. The molecular formula is C12H14FeO2. The molecule has 0 unspecified atom stereocenters. The average molecular weight is 246 g/mol. The van der Waals surface area contributed by atoms with E-state index >= 15 is 0 Å². The first-order valence-corrected chi connectivity index (χ1v) is 4.01. The standard InChI is InChI=1S/2C5H5.2CH2O.Fe/c2*1-2-4-5-3-1;2*1-2;/h2*1-3H,4H2;2*1H2;/q2*-1;;;+2. The molecule has 0 fully saturated rings. The fraction of sp³-hybridized carbons (Fsp3) is 0.167. The molecular weight excluding hydrogens is 232 g/mol. The summed E-state index contributed by atoms with van der Waals surface area (Å²) in [6.45, 7) is 4.00. The Bertz CT molecular complexity index is 174. The van der Waals surface area contributed by atoms with E-state index in [-0.39, 0.29) is 17.1 Å². The molecule has 0 aliphatic heterocycles. The number of allylic oxidation sites excluding steroid dienone is 8. The Kier molecular flexibility index (Phi) is 29.8. The molecule has 0 radical (unpaired) electrons. The van der Waals surface area contributed by atoms with E-state index < -0.39 is 0 Å². The fourth-order valence-corrected chi connectivity index (χ4v) is 0.680. The van der Waals surface area contributed by atoms with Crippen molar-refractivity contribution in [1.29, 1.82) is 0 Å². The summed E-state index contributed by atoms with van der Waals surface area (Å²) in [5, 5.41) is 0. The van der Waals surface area contributed by atoms with Gasteiger partial charge in [-0.25, -0.2) is 24.3 Å². The molecule has 15 heavy (non-hydrogen) atoms. The summed E-state index contributed by atoms with van der Waals surface area (Å²) < 4.78 is 0. The van der Waals surface area contributed by atoms with Crippen LogP contribution in [-0.4, -0.2) is 13.6 Å². The van der Waals surface area contributed by atoms with Gasteiger partial charge in [-0.1, -0.05) is 0 Å². The maximum atomic E-state index is 8.00. The Balaban J connectivity index is -0.000000138. The molecule has 0 N–H and O–H groups in total. The Labute approximate surface area is 102 Å². The van der Waals surface area contributed by atoms with Crippen molar-refractivity contribution in [2.24, 2.45) is 0 Å². The molecule has 3 heteroatoms. The molecule has 0 spiro atoms. The Morgan fingerprint density at radius 3 is 1.20 bits per heavy atom. The second-order valence-corrected chi connectivity index (χ2v) is 2.01. The van der Waals surface area contributed by atoms with E-state index in [1.54, 1.807) is 0 Å². The molecule has 82 valence electrons. The summed E-state index contributed by atoms with van der Waals surface area (Å²) in [4.78, 5) is 16.0. The largest absolute Gasteiger partial charge is 2.00 e. The van der Waals surface area contributed by atoms with Gasteiger partial charge in [0.05, 0.1) is 0 Å². The molecule has 0 aromatic rings. The molecule has 0 bridgehead atoms. The maximum Gasteiger partial charge on any atom is 2.00 e. The van der Waals surface area contributed by atoms with E-state index in [9.17, 15) is 0 Å². The van der Waals surface area contributed by atoms with Crippen molar-refractivity contribution in [2.75, 3.05) is 0 Å². The van der Waals surface area contributed by atoms with Crippen molar-refractivity contribution < 1.29 is 26.7 Å². The van der Waals surface area contributed by atoms with Gasteiger partial charge in [0.15, 0.2) is 0 Å². The van der Waals surface area contributed by atoms with Crippen molar-refractivity contribution in [1.82, 2.24) is 0 Å². The summed E-state index contributed by atoms with van der Waals surface area (Å²) in [6.07, 6.45) is 20.0. The first-order chi connectivity index (χ1) is 7.00. The topological polar surface area (TPSA) is 34.1 Å². The molecule has 2 nitrogen and oxygen atoms in total. The number of hydrogen-bond acceptors (Lipinski definition) is 2. The average Bonchev–Trinajstić information content (AvgIpc) is 3.01.